The average Bonchev–Trinajstić information content (AvgIpc) is 3.28. The lowest BCUT2D eigenvalue weighted by molar-refractivity contribution is 0.242. The van der Waals surface area contributed by atoms with Gasteiger partial charge in [0.2, 0.25) is 4.96 Å². The molecule has 4 rings (SSSR count). The van der Waals surface area contributed by atoms with Crippen molar-refractivity contribution < 1.29 is 14.2 Å². The van der Waals surface area contributed by atoms with Crippen LogP contribution in [0.3, 0.4) is 0 Å². The SMILES string of the molecule is COc1ccc(/C=c2\sc3nc(-c4ccc(OC(C)C)cc4)nn3c2=O)c(OC)c1. The minimum absolute atomic E-state index is 0.105. The van der Waals surface area contributed by atoms with Crippen LogP contribution in [0.15, 0.2) is 47.3 Å². The molecule has 0 atom stereocenters. The van der Waals surface area contributed by atoms with Crippen molar-refractivity contribution in [3.05, 3.63) is 62.9 Å². The molecule has 0 N–H and O–H groups in total. The summed E-state index contributed by atoms with van der Waals surface area (Å²) in [5, 5.41) is 4.40. The highest BCUT2D eigenvalue weighted by molar-refractivity contribution is 7.15. The molecule has 0 spiro atoms. The minimum atomic E-state index is -0.216. The average molecular weight is 423 g/mol. The number of nitrogens with zero attached hydrogens (tertiary/aromatic N) is 3. The molecule has 30 heavy (non-hydrogen) atoms. The van der Waals surface area contributed by atoms with E-state index < -0.39 is 0 Å². The van der Waals surface area contributed by atoms with Crippen LogP contribution in [0.2, 0.25) is 0 Å². The fourth-order valence-corrected chi connectivity index (χ4v) is 3.89. The lowest BCUT2D eigenvalue weighted by Gasteiger charge is -2.09. The van der Waals surface area contributed by atoms with E-state index in [-0.39, 0.29) is 11.7 Å². The van der Waals surface area contributed by atoms with Gasteiger partial charge in [-0.3, -0.25) is 4.79 Å². The maximum absolute atomic E-state index is 12.8. The summed E-state index contributed by atoms with van der Waals surface area (Å²) in [5.41, 5.74) is 1.39. The largest absolute Gasteiger partial charge is 0.497 e. The molecule has 2 aromatic carbocycles. The summed E-state index contributed by atoms with van der Waals surface area (Å²) >= 11 is 1.28. The molecule has 0 fully saturated rings. The number of rotatable bonds is 6. The van der Waals surface area contributed by atoms with Crippen LogP contribution in [-0.2, 0) is 0 Å². The highest BCUT2D eigenvalue weighted by atomic mass is 32.1. The van der Waals surface area contributed by atoms with Crippen molar-refractivity contribution in [2.45, 2.75) is 20.0 Å². The molecule has 0 radical (unpaired) electrons. The van der Waals surface area contributed by atoms with Crippen molar-refractivity contribution in [1.29, 1.82) is 0 Å². The summed E-state index contributed by atoms with van der Waals surface area (Å²) in [5.74, 6) is 2.59. The van der Waals surface area contributed by atoms with E-state index >= 15 is 0 Å². The van der Waals surface area contributed by atoms with Crippen LogP contribution in [0.25, 0.3) is 22.4 Å². The van der Waals surface area contributed by atoms with Crippen LogP contribution in [-0.4, -0.2) is 34.9 Å². The van der Waals surface area contributed by atoms with Crippen molar-refractivity contribution in [2.75, 3.05) is 14.2 Å². The second-order valence-corrected chi connectivity index (χ2v) is 7.85. The van der Waals surface area contributed by atoms with Gasteiger partial charge in [0.05, 0.1) is 24.9 Å². The van der Waals surface area contributed by atoms with E-state index in [0.717, 1.165) is 16.9 Å². The molecule has 8 heteroatoms. The van der Waals surface area contributed by atoms with Crippen molar-refractivity contribution in [2.24, 2.45) is 0 Å². The Morgan fingerprint density at radius 2 is 1.77 bits per heavy atom. The Morgan fingerprint density at radius 3 is 2.40 bits per heavy atom. The Balaban J connectivity index is 1.69. The topological polar surface area (TPSA) is 75.0 Å². The van der Waals surface area contributed by atoms with Gasteiger partial charge in [-0.1, -0.05) is 11.3 Å². The second kappa shape index (κ2) is 8.16. The zero-order valence-electron chi connectivity index (χ0n) is 17.1. The van der Waals surface area contributed by atoms with Crippen molar-refractivity contribution >= 4 is 22.4 Å². The normalized spacial score (nSPS) is 12.0. The maximum Gasteiger partial charge on any atom is 0.291 e. The summed E-state index contributed by atoms with van der Waals surface area (Å²) in [6, 6.07) is 13.0. The van der Waals surface area contributed by atoms with Crippen molar-refractivity contribution in [3.63, 3.8) is 0 Å². The van der Waals surface area contributed by atoms with Gasteiger partial charge < -0.3 is 14.2 Å². The van der Waals surface area contributed by atoms with Gasteiger partial charge >= 0.3 is 0 Å². The van der Waals surface area contributed by atoms with Crippen LogP contribution in [0.4, 0.5) is 0 Å². The molecular formula is C22H21N3O4S. The van der Waals surface area contributed by atoms with E-state index in [2.05, 4.69) is 10.1 Å². The summed E-state index contributed by atoms with van der Waals surface area (Å²) in [6.45, 7) is 3.95. The van der Waals surface area contributed by atoms with Crippen LogP contribution >= 0.6 is 11.3 Å². The molecule has 0 saturated heterocycles. The summed E-state index contributed by atoms with van der Waals surface area (Å²) in [4.78, 5) is 17.9. The molecule has 0 amide bonds. The van der Waals surface area contributed by atoms with Crippen LogP contribution in [0, 0.1) is 0 Å². The minimum Gasteiger partial charge on any atom is -0.497 e. The van der Waals surface area contributed by atoms with Gasteiger partial charge in [0.25, 0.3) is 5.56 Å². The number of hydrogen-bond acceptors (Lipinski definition) is 7. The molecule has 0 unspecified atom stereocenters. The highest BCUT2D eigenvalue weighted by Gasteiger charge is 2.13. The third-order valence-electron chi connectivity index (χ3n) is 4.39. The molecule has 0 bridgehead atoms. The Bertz CT molecular complexity index is 1290. The third-order valence-corrected chi connectivity index (χ3v) is 5.35. The third kappa shape index (κ3) is 3.86. The zero-order valence-corrected chi connectivity index (χ0v) is 17.9. The first kappa shape index (κ1) is 19.9. The first-order valence-electron chi connectivity index (χ1n) is 9.39. The summed E-state index contributed by atoms with van der Waals surface area (Å²) in [6.07, 6.45) is 1.88. The van der Waals surface area contributed by atoms with E-state index in [1.165, 1.54) is 15.9 Å². The van der Waals surface area contributed by atoms with E-state index in [0.29, 0.717) is 26.8 Å². The number of fused-ring (bicyclic) bond motifs is 1. The Labute approximate surface area is 177 Å². The number of thiazole rings is 1. The molecule has 0 aliphatic heterocycles. The van der Waals surface area contributed by atoms with Gasteiger partial charge in [-0.2, -0.15) is 9.50 Å². The van der Waals surface area contributed by atoms with Crippen LogP contribution in [0.5, 0.6) is 17.2 Å². The zero-order chi connectivity index (χ0) is 21.3. The van der Waals surface area contributed by atoms with Crippen LogP contribution < -0.4 is 24.3 Å². The van der Waals surface area contributed by atoms with E-state index in [1.807, 2.05) is 50.2 Å². The van der Waals surface area contributed by atoms with Gasteiger partial charge in [-0.25, -0.2) is 0 Å². The molecule has 2 heterocycles. The van der Waals surface area contributed by atoms with E-state index in [1.54, 1.807) is 26.4 Å². The van der Waals surface area contributed by atoms with Crippen LogP contribution in [0.1, 0.15) is 19.4 Å². The quantitative estimate of drug-likeness (QED) is 0.474. The Hall–Kier alpha value is -3.39. The molecule has 2 aromatic heterocycles. The number of aromatic nitrogens is 3. The van der Waals surface area contributed by atoms with Gasteiger partial charge in [-0.05, 0) is 56.3 Å². The number of methoxy groups -OCH3 is 2. The van der Waals surface area contributed by atoms with E-state index in [4.69, 9.17) is 14.2 Å². The lowest BCUT2D eigenvalue weighted by atomic mass is 10.2. The lowest BCUT2D eigenvalue weighted by Crippen LogP contribution is -2.23. The Morgan fingerprint density at radius 1 is 1.03 bits per heavy atom. The molecule has 4 aromatic rings. The maximum atomic E-state index is 12.8. The number of ether oxygens (including phenoxy) is 3. The number of benzene rings is 2. The fraction of sp³-hybridized carbons (Fsp3) is 0.227. The predicted molar refractivity (Wildman–Crippen MR) is 117 cm³/mol. The Kier molecular flexibility index (Phi) is 5.41. The second-order valence-electron chi connectivity index (χ2n) is 6.84. The number of hydrogen-bond donors (Lipinski definition) is 0. The molecular weight excluding hydrogens is 402 g/mol. The standard InChI is InChI=1S/C22H21N3O4S/c1-13(2)29-16-8-5-14(6-9-16)20-23-22-25(24-20)21(26)19(30-22)11-15-7-10-17(27-3)12-18(15)28-4/h5-13H,1-4H3/b19-11-. The monoisotopic (exact) mass is 423 g/mol. The molecule has 0 aliphatic carbocycles. The van der Waals surface area contributed by atoms with Crippen molar-refractivity contribution in [1.82, 2.24) is 14.6 Å². The first-order chi connectivity index (χ1) is 14.5. The smallest absolute Gasteiger partial charge is 0.291 e. The predicted octanol–water partition coefficient (Wildman–Crippen LogP) is 3.17. The van der Waals surface area contributed by atoms with Gasteiger partial charge in [0.15, 0.2) is 5.82 Å². The van der Waals surface area contributed by atoms with Gasteiger partial charge in [-0.15, -0.1) is 5.10 Å². The van der Waals surface area contributed by atoms with Crippen molar-refractivity contribution in [3.8, 4) is 28.6 Å². The van der Waals surface area contributed by atoms with Gasteiger partial charge in [0, 0.05) is 17.2 Å². The first-order valence-corrected chi connectivity index (χ1v) is 10.2. The molecule has 0 aliphatic rings. The highest BCUT2D eigenvalue weighted by Crippen LogP contribution is 2.25. The summed E-state index contributed by atoms with van der Waals surface area (Å²) in [7, 11) is 3.17. The fourth-order valence-electron chi connectivity index (χ4n) is 2.99. The molecule has 0 saturated carbocycles. The molecule has 7 nitrogen and oxygen atoms in total. The van der Waals surface area contributed by atoms with Gasteiger partial charge in [0.1, 0.15) is 17.2 Å². The molecule has 154 valence electrons. The summed E-state index contributed by atoms with van der Waals surface area (Å²) < 4.78 is 18.1. The van der Waals surface area contributed by atoms with E-state index in [9.17, 15) is 4.79 Å².